The van der Waals surface area contributed by atoms with E-state index < -0.39 is 28.6 Å². The Hall–Kier alpha value is -2.62. The SMILES string of the molecule is Cc1cc(Cl)cc(C(=O)NC2CCCCC2)c1NC(=O)c1sc(-c2ccccc2Cl)nc1C(F)(F)F. The third kappa shape index (κ3) is 5.85. The smallest absolute Gasteiger partial charge is 0.349 e. The number of alkyl halides is 3. The van der Waals surface area contributed by atoms with Gasteiger partial charge in [-0.25, -0.2) is 4.98 Å². The Morgan fingerprint density at radius 1 is 1.06 bits per heavy atom. The van der Waals surface area contributed by atoms with Gasteiger partial charge in [0.05, 0.1) is 16.3 Å². The summed E-state index contributed by atoms with van der Waals surface area (Å²) in [5, 5.41) is 5.91. The average Bonchev–Trinajstić information content (AvgIpc) is 3.27. The van der Waals surface area contributed by atoms with E-state index >= 15 is 0 Å². The molecule has 0 spiro atoms. The van der Waals surface area contributed by atoms with E-state index in [1.807, 2.05) is 0 Å². The largest absolute Gasteiger partial charge is 0.435 e. The van der Waals surface area contributed by atoms with Gasteiger partial charge >= 0.3 is 6.18 Å². The predicted molar refractivity (Wildman–Crippen MR) is 136 cm³/mol. The Kier molecular flexibility index (Phi) is 7.92. The number of anilines is 1. The molecule has 1 saturated carbocycles. The Morgan fingerprint density at radius 2 is 1.75 bits per heavy atom. The molecule has 36 heavy (non-hydrogen) atoms. The van der Waals surface area contributed by atoms with Crippen LogP contribution in [0.25, 0.3) is 10.6 Å². The van der Waals surface area contributed by atoms with E-state index in [1.54, 1.807) is 19.1 Å². The number of carbonyl (C=O) groups is 2. The summed E-state index contributed by atoms with van der Waals surface area (Å²) >= 11 is 12.9. The third-order valence-corrected chi connectivity index (χ3v) is 7.57. The van der Waals surface area contributed by atoms with Crippen molar-refractivity contribution in [3.05, 3.63) is 68.1 Å². The highest BCUT2D eigenvalue weighted by atomic mass is 35.5. The van der Waals surface area contributed by atoms with Crippen LogP contribution >= 0.6 is 34.5 Å². The number of thiazole rings is 1. The number of aryl methyl sites for hydroxylation is 1. The summed E-state index contributed by atoms with van der Waals surface area (Å²) in [6.45, 7) is 1.62. The molecule has 0 atom stereocenters. The van der Waals surface area contributed by atoms with Gasteiger partial charge in [0.2, 0.25) is 0 Å². The van der Waals surface area contributed by atoms with Crippen molar-refractivity contribution in [2.24, 2.45) is 0 Å². The number of amides is 2. The van der Waals surface area contributed by atoms with Crippen LogP contribution < -0.4 is 10.6 Å². The first-order valence-corrected chi connectivity index (χ1v) is 12.9. The molecule has 0 unspecified atom stereocenters. The molecule has 190 valence electrons. The van der Waals surface area contributed by atoms with Crippen LogP contribution in [0.3, 0.4) is 0 Å². The first-order chi connectivity index (χ1) is 17.0. The summed E-state index contributed by atoms with van der Waals surface area (Å²) in [6.07, 6.45) is -0.0817. The number of carbonyl (C=O) groups excluding carboxylic acids is 2. The summed E-state index contributed by atoms with van der Waals surface area (Å²) in [5.74, 6) is -1.48. The number of halogens is 5. The van der Waals surface area contributed by atoms with Crippen molar-refractivity contribution in [1.82, 2.24) is 10.3 Å². The molecule has 2 N–H and O–H groups in total. The van der Waals surface area contributed by atoms with Gasteiger partial charge in [-0.1, -0.05) is 60.7 Å². The molecular weight excluding hydrogens is 534 g/mol. The van der Waals surface area contributed by atoms with Crippen LogP contribution in [0.2, 0.25) is 10.0 Å². The highest BCUT2D eigenvalue weighted by Gasteiger charge is 2.40. The van der Waals surface area contributed by atoms with E-state index in [1.165, 1.54) is 24.3 Å². The molecule has 5 nitrogen and oxygen atoms in total. The quantitative estimate of drug-likeness (QED) is 0.338. The van der Waals surface area contributed by atoms with Gasteiger partial charge in [0.15, 0.2) is 5.69 Å². The highest BCUT2D eigenvalue weighted by molar-refractivity contribution is 7.17. The summed E-state index contributed by atoms with van der Waals surface area (Å²) in [7, 11) is 0. The van der Waals surface area contributed by atoms with E-state index in [0.717, 1.165) is 32.1 Å². The number of benzene rings is 2. The van der Waals surface area contributed by atoms with Crippen molar-refractivity contribution < 1.29 is 22.8 Å². The van der Waals surface area contributed by atoms with Gasteiger partial charge in [-0.15, -0.1) is 11.3 Å². The Labute approximate surface area is 220 Å². The van der Waals surface area contributed by atoms with Gasteiger partial charge in [0.25, 0.3) is 11.8 Å². The van der Waals surface area contributed by atoms with Crippen molar-refractivity contribution in [2.45, 2.75) is 51.2 Å². The molecule has 2 aromatic carbocycles. The van der Waals surface area contributed by atoms with E-state index in [4.69, 9.17) is 23.2 Å². The number of nitrogens with one attached hydrogen (secondary N) is 2. The van der Waals surface area contributed by atoms with Crippen LogP contribution in [0.15, 0.2) is 36.4 Å². The standard InChI is InChI=1S/C25H22Cl2F3N3O2S/c1-13-11-14(26)12-17(22(34)31-15-7-3-2-4-8-15)19(13)32-23(35)20-21(25(28,29)30)33-24(36-20)16-9-5-6-10-18(16)27/h5-6,9-12,15H,2-4,7-8H2,1H3,(H,31,34)(H,32,35). The second-order valence-electron chi connectivity index (χ2n) is 8.58. The minimum absolute atomic E-state index is 0.00871. The Bertz CT molecular complexity index is 1300. The van der Waals surface area contributed by atoms with Crippen LogP contribution in [0, 0.1) is 6.92 Å². The van der Waals surface area contributed by atoms with Crippen LogP contribution in [-0.2, 0) is 6.18 Å². The number of hydrogen-bond acceptors (Lipinski definition) is 4. The normalized spacial score (nSPS) is 14.5. The number of rotatable bonds is 5. The first kappa shape index (κ1) is 26.4. The van der Waals surface area contributed by atoms with Gasteiger partial charge in [0.1, 0.15) is 9.88 Å². The van der Waals surface area contributed by atoms with Crippen molar-refractivity contribution in [2.75, 3.05) is 5.32 Å². The third-order valence-electron chi connectivity index (χ3n) is 5.93. The fourth-order valence-corrected chi connectivity index (χ4v) is 5.76. The number of nitrogens with zero attached hydrogens (tertiary/aromatic N) is 1. The molecule has 11 heteroatoms. The maximum atomic E-state index is 13.8. The summed E-state index contributed by atoms with van der Waals surface area (Å²) in [4.78, 5) is 29.3. The number of hydrogen-bond donors (Lipinski definition) is 2. The molecule has 1 aromatic heterocycles. The van der Waals surface area contributed by atoms with Crippen LogP contribution in [0.1, 0.15) is 63.4 Å². The molecule has 0 saturated heterocycles. The summed E-state index contributed by atoms with van der Waals surface area (Å²) in [5.41, 5.74) is -0.417. The molecule has 0 aliphatic heterocycles. The average molecular weight is 556 g/mol. The second kappa shape index (κ2) is 10.8. The fraction of sp³-hybridized carbons (Fsp3) is 0.320. The van der Waals surface area contributed by atoms with Gasteiger partial charge in [-0.3, -0.25) is 9.59 Å². The maximum absolute atomic E-state index is 13.8. The molecule has 2 amide bonds. The monoisotopic (exact) mass is 555 g/mol. The van der Waals surface area contributed by atoms with E-state index in [0.29, 0.717) is 16.9 Å². The molecule has 0 bridgehead atoms. The van der Waals surface area contributed by atoms with Crippen molar-refractivity contribution in [3.63, 3.8) is 0 Å². The maximum Gasteiger partial charge on any atom is 0.435 e. The van der Waals surface area contributed by atoms with Crippen LogP contribution in [0.5, 0.6) is 0 Å². The zero-order valence-corrected chi connectivity index (χ0v) is 21.5. The molecule has 1 fully saturated rings. The summed E-state index contributed by atoms with van der Waals surface area (Å²) < 4.78 is 41.5. The van der Waals surface area contributed by atoms with E-state index in [-0.39, 0.29) is 37.9 Å². The van der Waals surface area contributed by atoms with E-state index in [2.05, 4.69) is 15.6 Å². The lowest BCUT2D eigenvalue weighted by Gasteiger charge is -2.23. The van der Waals surface area contributed by atoms with Crippen LogP contribution in [0.4, 0.5) is 18.9 Å². The molecule has 1 aliphatic carbocycles. The highest BCUT2D eigenvalue weighted by Crippen LogP contribution is 2.40. The molecule has 4 rings (SSSR count). The molecular formula is C25H22Cl2F3N3O2S. The van der Waals surface area contributed by atoms with Gasteiger partial charge in [0, 0.05) is 16.6 Å². The minimum Gasteiger partial charge on any atom is -0.349 e. The molecule has 1 heterocycles. The Morgan fingerprint density at radius 3 is 2.42 bits per heavy atom. The summed E-state index contributed by atoms with van der Waals surface area (Å²) in [6, 6.07) is 9.23. The second-order valence-corrected chi connectivity index (χ2v) is 10.4. The lowest BCUT2D eigenvalue weighted by atomic mass is 9.95. The molecule has 1 aliphatic rings. The first-order valence-electron chi connectivity index (χ1n) is 11.3. The zero-order valence-electron chi connectivity index (χ0n) is 19.1. The number of aromatic nitrogens is 1. The van der Waals surface area contributed by atoms with Gasteiger partial charge < -0.3 is 10.6 Å². The van der Waals surface area contributed by atoms with Gasteiger partial charge in [-0.05, 0) is 43.5 Å². The molecule has 0 radical (unpaired) electrons. The lowest BCUT2D eigenvalue weighted by Crippen LogP contribution is -2.36. The Balaban J connectivity index is 1.69. The minimum atomic E-state index is -4.88. The van der Waals surface area contributed by atoms with Crippen molar-refractivity contribution in [3.8, 4) is 10.6 Å². The zero-order chi connectivity index (χ0) is 26.0. The predicted octanol–water partition coefficient (Wildman–Crippen LogP) is 7.76. The van der Waals surface area contributed by atoms with Crippen molar-refractivity contribution in [1.29, 1.82) is 0 Å². The fourth-order valence-electron chi connectivity index (χ4n) is 4.18. The topological polar surface area (TPSA) is 71.1 Å². The molecule has 3 aromatic rings. The van der Waals surface area contributed by atoms with Gasteiger partial charge in [-0.2, -0.15) is 13.2 Å². The van der Waals surface area contributed by atoms with Crippen LogP contribution in [-0.4, -0.2) is 22.8 Å². The van der Waals surface area contributed by atoms with Crippen molar-refractivity contribution >= 4 is 52.0 Å². The van der Waals surface area contributed by atoms with E-state index in [9.17, 15) is 22.8 Å². The lowest BCUT2D eigenvalue weighted by molar-refractivity contribution is -0.141.